The lowest BCUT2D eigenvalue weighted by atomic mass is 9.88. The Kier molecular flexibility index (Phi) is 5.49. The lowest BCUT2D eigenvalue weighted by Gasteiger charge is -2.36. The third kappa shape index (κ3) is 3.79. The summed E-state index contributed by atoms with van der Waals surface area (Å²) in [6.07, 6.45) is 0.437. The van der Waals surface area contributed by atoms with Gasteiger partial charge in [0.1, 0.15) is 16.2 Å². The summed E-state index contributed by atoms with van der Waals surface area (Å²) in [7, 11) is -2.36. The Morgan fingerprint density at radius 1 is 1.06 bits per heavy atom. The van der Waals surface area contributed by atoms with Crippen LogP contribution in [-0.4, -0.2) is 55.3 Å². The number of carbonyl (C=O) groups is 2. The van der Waals surface area contributed by atoms with E-state index in [0.717, 1.165) is 11.1 Å². The van der Waals surface area contributed by atoms with Crippen LogP contribution in [0.4, 0.5) is 4.79 Å². The molecule has 31 heavy (non-hydrogen) atoms. The van der Waals surface area contributed by atoms with Gasteiger partial charge in [0.15, 0.2) is 0 Å². The van der Waals surface area contributed by atoms with E-state index in [1.54, 1.807) is 18.2 Å². The van der Waals surface area contributed by atoms with E-state index in [9.17, 15) is 18.0 Å². The number of imide groups is 1. The van der Waals surface area contributed by atoms with Crippen molar-refractivity contribution in [3.05, 3.63) is 59.7 Å². The number of ether oxygens (including phenoxy) is 1. The SMILES string of the molecule is COc1ccc(C)cc1S(=O)(=O)N1CCC2(CC1)NC(=O)N(Cc1ccccc1)C2=O. The molecular weight excluding hydrogens is 418 g/mol. The molecule has 0 aliphatic carbocycles. The molecule has 9 heteroatoms. The van der Waals surface area contributed by atoms with Gasteiger partial charge in [0.2, 0.25) is 10.0 Å². The monoisotopic (exact) mass is 443 g/mol. The van der Waals surface area contributed by atoms with Gasteiger partial charge >= 0.3 is 6.03 Å². The first-order valence-corrected chi connectivity index (χ1v) is 11.5. The second kappa shape index (κ2) is 7.97. The molecule has 3 amide bonds. The molecule has 0 unspecified atom stereocenters. The van der Waals surface area contributed by atoms with Crippen LogP contribution in [0, 0.1) is 6.92 Å². The van der Waals surface area contributed by atoms with Crippen LogP contribution in [0.5, 0.6) is 5.75 Å². The van der Waals surface area contributed by atoms with Crippen LogP contribution in [0.1, 0.15) is 24.0 Å². The molecule has 1 spiro atoms. The number of piperidine rings is 1. The average molecular weight is 444 g/mol. The molecule has 2 aromatic carbocycles. The van der Waals surface area contributed by atoms with E-state index in [2.05, 4.69) is 5.32 Å². The summed E-state index contributed by atoms with van der Waals surface area (Å²) in [6.45, 7) is 2.27. The number of nitrogens with zero attached hydrogens (tertiary/aromatic N) is 2. The van der Waals surface area contributed by atoms with Gasteiger partial charge in [0.05, 0.1) is 13.7 Å². The van der Waals surface area contributed by atoms with Crippen molar-refractivity contribution in [2.45, 2.75) is 36.7 Å². The molecule has 8 nitrogen and oxygen atoms in total. The molecular formula is C22H25N3O5S. The fraction of sp³-hybridized carbons (Fsp3) is 0.364. The highest BCUT2D eigenvalue weighted by Crippen LogP contribution is 2.34. The maximum atomic E-state index is 13.2. The highest BCUT2D eigenvalue weighted by molar-refractivity contribution is 7.89. The fourth-order valence-electron chi connectivity index (χ4n) is 4.16. The number of urea groups is 1. The summed E-state index contributed by atoms with van der Waals surface area (Å²) in [5, 5.41) is 2.82. The number of hydrogen-bond acceptors (Lipinski definition) is 5. The van der Waals surface area contributed by atoms with Crippen LogP contribution in [0.15, 0.2) is 53.4 Å². The van der Waals surface area contributed by atoms with Crippen LogP contribution < -0.4 is 10.1 Å². The number of hydrogen-bond donors (Lipinski definition) is 1. The van der Waals surface area contributed by atoms with Gasteiger partial charge in [0, 0.05) is 13.1 Å². The maximum absolute atomic E-state index is 13.2. The van der Waals surface area contributed by atoms with E-state index in [0.29, 0.717) is 0 Å². The van der Waals surface area contributed by atoms with E-state index in [4.69, 9.17) is 4.74 Å². The number of rotatable bonds is 5. The molecule has 0 bridgehead atoms. The molecule has 4 rings (SSSR count). The van der Waals surface area contributed by atoms with Crippen molar-refractivity contribution < 1.29 is 22.7 Å². The van der Waals surface area contributed by atoms with Crippen molar-refractivity contribution in [1.29, 1.82) is 0 Å². The van der Waals surface area contributed by atoms with Gasteiger partial charge in [0.25, 0.3) is 5.91 Å². The number of sulfonamides is 1. The topological polar surface area (TPSA) is 96.0 Å². The second-order valence-electron chi connectivity index (χ2n) is 7.95. The normalized spacial score (nSPS) is 19.0. The summed E-state index contributed by atoms with van der Waals surface area (Å²) in [5.74, 6) is -0.0169. The van der Waals surface area contributed by atoms with E-state index >= 15 is 0 Å². The van der Waals surface area contributed by atoms with Crippen LogP contribution in [-0.2, 0) is 21.4 Å². The summed E-state index contributed by atoms with van der Waals surface area (Å²) in [5.41, 5.74) is 0.603. The summed E-state index contributed by atoms with van der Waals surface area (Å²) in [4.78, 5) is 27.0. The first-order valence-electron chi connectivity index (χ1n) is 10.1. The lowest BCUT2D eigenvalue weighted by molar-refractivity contribution is -0.133. The van der Waals surface area contributed by atoms with Crippen molar-refractivity contribution in [3.63, 3.8) is 0 Å². The number of methoxy groups -OCH3 is 1. The molecule has 1 N–H and O–H groups in total. The number of nitrogens with one attached hydrogen (secondary N) is 1. The third-order valence-corrected chi connectivity index (χ3v) is 7.86. The summed E-state index contributed by atoms with van der Waals surface area (Å²) < 4.78 is 33.1. The van der Waals surface area contributed by atoms with Crippen molar-refractivity contribution in [2.75, 3.05) is 20.2 Å². The molecule has 0 saturated carbocycles. The molecule has 2 fully saturated rings. The van der Waals surface area contributed by atoms with E-state index in [1.165, 1.54) is 16.3 Å². The minimum Gasteiger partial charge on any atom is -0.495 e. The Labute approximate surface area is 181 Å². The van der Waals surface area contributed by atoms with Gasteiger partial charge in [-0.3, -0.25) is 9.69 Å². The van der Waals surface area contributed by atoms with Crippen molar-refractivity contribution >= 4 is 22.0 Å². The highest BCUT2D eigenvalue weighted by atomic mass is 32.2. The van der Waals surface area contributed by atoms with Gasteiger partial charge in [-0.05, 0) is 43.0 Å². The Hall–Kier alpha value is -2.91. The maximum Gasteiger partial charge on any atom is 0.325 e. The zero-order valence-corrected chi connectivity index (χ0v) is 18.3. The molecule has 0 atom stereocenters. The molecule has 0 aromatic heterocycles. The molecule has 2 aliphatic heterocycles. The molecule has 2 aliphatic rings. The minimum atomic E-state index is -3.80. The van der Waals surface area contributed by atoms with Crippen LogP contribution in [0.2, 0.25) is 0 Å². The first-order chi connectivity index (χ1) is 14.8. The van der Waals surface area contributed by atoms with Gasteiger partial charge in [-0.15, -0.1) is 0 Å². The van der Waals surface area contributed by atoms with E-state index < -0.39 is 21.6 Å². The Bertz CT molecular complexity index is 1110. The standard InChI is InChI=1S/C22H25N3O5S/c1-16-8-9-18(30-2)19(14-16)31(28,29)24-12-10-22(11-13-24)20(26)25(21(27)23-22)15-17-6-4-3-5-7-17/h3-9,14H,10-13,15H2,1-2H3,(H,23,27). The van der Waals surface area contributed by atoms with Crippen LogP contribution in [0.25, 0.3) is 0 Å². The lowest BCUT2D eigenvalue weighted by Crippen LogP contribution is -2.55. The largest absolute Gasteiger partial charge is 0.495 e. The summed E-state index contributed by atoms with van der Waals surface area (Å²) in [6, 6.07) is 13.9. The molecule has 2 aromatic rings. The minimum absolute atomic E-state index is 0.110. The molecule has 2 saturated heterocycles. The quantitative estimate of drug-likeness (QED) is 0.716. The molecule has 2 heterocycles. The second-order valence-corrected chi connectivity index (χ2v) is 9.85. The Morgan fingerprint density at radius 3 is 2.39 bits per heavy atom. The van der Waals surface area contributed by atoms with Gasteiger partial charge < -0.3 is 10.1 Å². The van der Waals surface area contributed by atoms with Crippen LogP contribution >= 0.6 is 0 Å². The van der Waals surface area contributed by atoms with E-state index in [1.807, 2.05) is 37.3 Å². The van der Waals surface area contributed by atoms with Gasteiger partial charge in [-0.25, -0.2) is 13.2 Å². The molecule has 164 valence electrons. The van der Waals surface area contributed by atoms with Crippen molar-refractivity contribution in [1.82, 2.24) is 14.5 Å². The van der Waals surface area contributed by atoms with Crippen molar-refractivity contribution in [2.24, 2.45) is 0 Å². The predicted octanol–water partition coefficient (Wildman–Crippen LogP) is 2.28. The zero-order valence-electron chi connectivity index (χ0n) is 17.5. The highest BCUT2D eigenvalue weighted by Gasteiger charge is 2.53. The van der Waals surface area contributed by atoms with Gasteiger partial charge in [-0.2, -0.15) is 4.31 Å². The number of benzene rings is 2. The zero-order chi connectivity index (χ0) is 22.2. The number of aryl methyl sites for hydroxylation is 1. The van der Waals surface area contributed by atoms with E-state index in [-0.39, 0.29) is 49.0 Å². The average Bonchev–Trinajstić information content (AvgIpc) is 2.98. The number of amides is 3. The predicted molar refractivity (Wildman–Crippen MR) is 114 cm³/mol. The Balaban J connectivity index is 1.51. The van der Waals surface area contributed by atoms with Crippen LogP contribution in [0.3, 0.4) is 0 Å². The summed E-state index contributed by atoms with van der Waals surface area (Å²) >= 11 is 0. The molecule has 0 radical (unpaired) electrons. The Morgan fingerprint density at radius 2 is 1.74 bits per heavy atom. The van der Waals surface area contributed by atoms with Crippen molar-refractivity contribution in [3.8, 4) is 5.75 Å². The smallest absolute Gasteiger partial charge is 0.325 e. The fourth-order valence-corrected chi connectivity index (χ4v) is 5.84. The third-order valence-electron chi connectivity index (χ3n) is 5.94. The van der Waals surface area contributed by atoms with Gasteiger partial charge in [-0.1, -0.05) is 36.4 Å². The number of carbonyl (C=O) groups excluding carboxylic acids is 2. The first kappa shape index (κ1) is 21.3.